The zero-order valence-electron chi connectivity index (χ0n) is 17.1. The van der Waals surface area contributed by atoms with Gasteiger partial charge in [0.05, 0.1) is 11.3 Å². The Labute approximate surface area is 193 Å². The van der Waals surface area contributed by atoms with E-state index in [0.29, 0.717) is 17.7 Å². The molecule has 1 aliphatic heterocycles. The third kappa shape index (κ3) is 4.96. The number of hydrogen-bond acceptors (Lipinski definition) is 4. The summed E-state index contributed by atoms with van der Waals surface area (Å²) in [4.78, 5) is 27.4. The van der Waals surface area contributed by atoms with Crippen LogP contribution in [0.2, 0.25) is 5.02 Å². The molecule has 3 rings (SSSR count). The number of carboxylic acids is 1. The molecule has 1 amide bonds. The summed E-state index contributed by atoms with van der Waals surface area (Å²) >= 11 is 5.68. The van der Waals surface area contributed by atoms with Crippen LogP contribution in [-0.4, -0.2) is 35.4 Å². The number of carboxylic acid groups (broad SMARTS) is 1. The molecule has 0 bridgehead atoms. The smallest absolute Gasteiger partial charge is 0.435 e. The van der Waals surface area contributed by atoms with Crippen molar-refractivity contribution in [2.24, 2.45) is 5.16 Å². The van der Waals surface area contributed by atoms with Gasteiger partial charge in [-0.2, -0.15) is 26.3 Å². The molecule has 0 saturated heterocycles. The van der Waals surface area contributed by atoms with E-state index in [4.69, 9.17) is 21.5 Å². The molecule has 2 aromatic carbocycles. The molecule has 6 nitrogen and oxygen atoms in total. The van der Waals surface area contributed by atoms with Crippen molar-refractivity contribution in [3.8, 4) is 0 Å². The van der Waals surface area contributed by atoms with Crippen molar-refractivity contribution in [3.63, 3.8) is 0 Å². The van der Waals surface area contributed by atoms with Gasteiger partial charge in [-0.15, -0.1) is 0 Å². The quantitative estimate of drug-likeness (QED) is 0.552. The van der Waals surface area contributed by atoms with Gasteiger partial charge >= 0.3 is 18.3 Å². The van der Waals surface area contributed by atoms with Gasteiger partial charge in [0.1, 0.15) is 6.54 Å². The summed E-state index contributed by atoms with van der Waals surface area (Å²) in [5, 5.41) is 13.7. The molecule has 0 aromatic heterocycles. The van der Waals surface area contributed by atoms with Crippen molar-refractivity contribution in [2.75, 3.05) is 6.54 Å². The van der Waals surface area contributed by atoms with E-state index in [1.165, 1.54) is 25.1 Å². The van der Waals surface area contributed by atoms with E-state index in [1.54, 1.807) is 0 Å². The molecule has 182 valence electrons. The second kappa shape index (κ2) is 8.82. The molecule has 1 unspecified atom stereocenters. The summed E-state index contributed by atoms with van der Waals surface area (Å²) in [6, 6.07) is 5.44. The molecule has 13 heteroatoms. The number of rotatable bonds is 5. The van der Waals surface area contributed by atoms with Crippen LogP contribution in [0.15, 0.2) is 41.6 Å². The van der Waals surface area contributed by atoms with Crippen molar-refractivity contribution in [1.29, 1.82) is 0 Å². The molecule has 2 N–H and O–H groups in total. The fraction of sp³-hybridized carbons (Fsp3) is 0.286. The van der Waals surface area contributed by atoms with Gasteiger partial charge in [-0.25, -0.2) is 0 Å². The average molecular weight is 509 g/mol. The lowest BCUT2D eigenvalue weighted by Crippen LogP contribution is -2.43. The highest BCUT2D eigenvalue weighted by Gasteiger charge is 2.62. The van der Waals surface area contributed by atoms with E-state index < -0.39 is 58.9 Å². The van der Waals surface area contributed by atoms with Crippen molar-refractivity contribution < 1.29 is 45.9 Å². The van der Waals surface area contributed by atoms with Gasteiger partial charge in [-0.3, -0.25) is 9.59 Å². The summed E-state index contributed by atoms with van der Waals surface area (Å²) in [6.45, 7) is 0.841. The van der Waals surface area contributed by atoms with Crippen molar-refractivity contribution >= 4 is 29.2 Å². The van der Waals surface area contributed by atoms with Crippen LogP contribution in [0.3, 0.4) is 0 Å². The van der Waals surface area contributed by atoms with Gasteiger partial charge in [-0.05, 0) is 48.4 Å². The van der Waals surface area contributed by atoms with Crippen LogP contribution < -0.4 is 5.32 Å². The second-order valence-corrected chi connectivity index (χ2v) is 7.90. The Kier molecular flexibility index (Phi) is 6.57. The first-order chi connectivity index (χ1) is 15.6. The first-order valence-corrected chi connectivity index (χ1v) is 9.83. The Morgan fingerprint density at radius 3 is 2.38 bits per heavy atom. The normalized spacial score (nSPS) is 18.3. The number of carbonyl (C=O) groups excluding carboxylic acids is 1. The Balaban J connectivity index is 1.96. The monoisotopic (exact) mass is 508 g/mol. The Morgan fingerprint density at radius 1 is 1.15 bits per heavy atom. The molecule has 0 saturated carbocycles. The Morgan fingerprint density at radius 2 is 1.82 bits per heavy atom. The molecule has 0 fully saturated rings. The minimum atomic E-state index is -5.16. The van der Waals surface area contributed by atoms with Crippen molar-refractivity contribution in [1.82, 2.24) is 5.32 Å². The number of alkyl halides is 6. The number of nitrogens with zero attached hydrogens (tertiary/aromatic N) is 1. The molecular formula is C21H15ClF6N2O4. The largest absolute Gasteiger partial charge is 0.480 e. The number of aliphatic carboxylic acids is 1. The van der Waals surface area contributed by atoms with Crippen LogP contribution in [-0.2, 0) is 21.4 Å². The Bertz CT molecular complexity index is 1180. The molecule has 1 heterocycles. The summed E-state index contributed by atoms with van der Waals surface area (Å²) in [7, 11) is 0. The topological polar surface area (TPSA) is 88.0 Å². The zero-order chi connectivity index (χ0) is 25.5. The number of oxime groups is 1. The first kappa shape index (κ1) is 25.3. The molecular weight excluding hydrogens is 494 g/mol. The highest BCUT2D eigenvalue weighted by Crippen LogP contribution is 2.50. The number of hydrogen-bond donors (Lipinski definition) is 2. The van der Waals surface area contributed by atoms with E-state index in [9.17, 15) is 35.9 Å². The zero-order valence-corrected chi connectivity index (χ0v) is 17.9. The van der Waals surface area contributed by atoms with Crippen molar-refractivity contribution in [3.05, 3.63) is 69.2 Å². The van der Waals surface area contributed by atoms with Gasteiger partial charge in [0, 0.05) is 22.6 Å². The third-order valence-corrected chi connectivity index (χ3v) is 5.30. The average Bonchev–Trinajstić information content (AvgIpc) is 3.18. The number of nitrogens with one attached hydrogen (secondary N) is 1. The van der Waals surface area contributed by atoms with Gasteiger partial charge in [0.25, 0.3) is 11.5 Å². The minimum absolute atomic E-state index is 0.0799. The molecule has 2 aromatic rings. The number of carbonyl (C=O) groups is 2. The predicted molar refractivity (Wildman–Crippen MR) is 108 cm³/mol. The first-order valence-electron chi connectivity index (χ1n) is 9.45. The molecule has 1 atom stereocenters. The number of halogens is 7. The maximum atomic E-state index is 14.1. The minimum Gasteiger partial charge on any atom is -0.480 e. The summed E-state index contributed by atoms with van der Waals surface area (Å²) in [5.41, 5.74) is -5.14. The van der Waals surface area contributed by atoms with Gasteiger partial charge in [0.2, 0.25) is 0 Å². The highest BCUT2D eigenvalue weighted by molar-refractivity contribution is 6.30. The summed E-state index contributed by atoms with van der Waals surface area (Å²) in [6.07, 6.45) is -11.0. The van der Waals surface area contributed by atoms with Crippen LogP contribution in [0, 0.1) is 6.92 Å². The van der Waals surface area contributed by atoms with E-state index in [0.717, 1.165) is 6.07 Å². The lowest BCUT2D eigenvalue weighted by Gasteiger charge is -2.30. The van der Waals surface area contributed by atoms with Crippen molar-refractivity contribution in [2.45, 2.75) is 31.3 Å². The lowest BCUT2D eigenvalue weighted by atomic mass is 9.85. The SMILES string of the molecule is Cc1cc(C2=NOC(c3cc(Cl)cc(C(F)(F)F)c3)(C(F)(F)F)C2)ccc1C(=O)NCC(=O)O. The summed E-state index contributed by atoms with van der Waals surface area (Å²) < 4.78 is 81.9. The molecule has 0 radical (unpaired) electrons. The fourth-order valence-electron chi connectivity index (χ4n) is 3.39. The van der Waals surface area contributed by atoms with E-state index in [2.05, 4.69) is 10.5 Å². The second-order valence-electron chi connectivity index (χ2n) is 7.46. The fourth-order valence-corrected chi connectivity index (χ4v) is 3.63. The highest BCUT2D eigenvalue weighted by atomic mass is 35.5. The van der Waals surface area contributed by atoms with Crippen LogP contribution >= 0.6 is 11.6 Å². The van der Waals surface area contributed by atoms with E-state index in [1.807, 2.05) is 0 Å². The molecule has 34 heavy (non-hydrogen) atoms. The lowest BCUT2D eigenvalue weighted by molar-refractivity contribution is -0.276. The van der Waals surface area contributed by atoms with Crippen LogP contribution in [0.4, 0.5) is 26.3 Å². The Hall–Kier alpha value is -3.28. The van der Waals surface area contributed by atoms with Crippen LogP contribution in [0.1, 0.15) is 39.0 Å². The van der Waals surface area contributed by atoms with E-state index >= 15 is 0 Å². The molecule has 0 spiro atoms. The molecule has 1 aliphatic rings. The molecule has 0 aliphatic carbocycles. The predicted octanol–water partition coefficient (Wildman–Crippen LogP) is 5.06. The standard InChI is InChI=1S/C21H15ClF6N2O4/c1-10-4-11(2-3-15(10)18(33)29-9-17(31)32)16-8-19(34-30-16,21(26,27)28)12-5-13(20(23,24)25)7-14(22)6-12/h2-7H,8-9H2,1H3,(H,29,33)(H,31,32). The van der Waals surface area contributed by atoms with Gasteiger partial charge in [0.15, 0.2) is 0 Å². The number of benzene rings is 2. The number of amides is 1. The maximum Gasteiger partial charge on any atom is 0.435 e. The van der Waals surface area contributed by atoms with E-state index in [-0.39, 0.29) is 16.8 Å². The number of aryl methyl sites for hydroxylation is 1. The third-order valence-electron chi connectivity index (χ3n) is 5.08. The van der Waals surface area contributed by atoms with Gasteiger partial charge in [-0.1, -0.05) is 22.8 Å². The van der Waals surface area contributed by atoms with Crippen LogP contribution in [0.25, 0.3) is 0 Å². The van der Waals surface area contributed by atoms with Crippen LogP contribution in [0.5, 0.6) is 0 Å². The maximum absolute atomic E-state index is 14.1. The summed E-state index contributed by atoms with van der Waals surface area (Å²) in [5.74, 6) is -1.97. The van der Waals surface area contributed by atoms with Gasteiger partial charge < -0.3 is 15.3 Å².